The van der Waals surface area contributed by atoms with Crippen molar-refractivity contribution >= 4 is 34.9 Å². The molecule has 0 saturated heterocycles. The molecule has 222 valence electrons. The van der Waals surface area contributed by atoms with E-state index in [0.29, 0.717) is 16.3 Å². The van der Waals surface area contributed by atoms with Crippen LogP contribution in [0.25, 0.3) is 0 Å². The Morgan fingerprint density at radius 2 is 1.46 bits per heavy atom. The fourth-order valence-electron chi connectivity index (χ4n) is 4.95. The molecule has 1 aliphatic rings. The SMILES string of the molecule is COc1ccc([C@H](NC(=O)[C@H](C)CC(=O)C(c2ccc(Cl)cc2)C2CC2)C(=O)C[C@H](C(=O)C(F)(F)F)C(C)C)cc1. The summed E-state index contributed by atoms with van der Waals surface area (Å²) in [5, 5.41) is 3.19. The van der Waals surface area contributed by atoms with E-state index in [0.717, 1.165) is 18.4 Å². The molecule has 10 heteroatoms. The second-order valence-corrected chi connectivity index (χ2v) is 11.5. The molecule has 0 aliphatic heterocycles. The molecular weight excluding hydrogens is 559 g/mol. The molecule has 1 unspecified atom stereocenters. The lowest BCUT2D eigenvalue weighted by Crippen LogP contribution is -2.41. The zero-order chi connectivity index (χ0) is 30.5. The molecule has 0 radical (unpaired) electrons. The lowest BCUT2D eigenvalue weighted by Gasteiger charge is -2.25. The van der Waals surface area contributed by atoms with Gasteiger partial charge in [0, 0.05) is 35.6 Å². The Bertz CT molecular complexity index is 1240. The highest BCUT2D eigenvalue weighted by Crippen LogP contribution is 2.44. The predicted octanol–water partition coefficient (Wildman–Crippen LogP) is 6.66. The van der Waals surface area contributed by atoms with Crippen molar-refractivity contribution < 1.29 is 37.1 Å². The number of hydrogen-bond acceptors (Lipinski definition) is 5. The van der Waals surface area contributed by atoms with Crippen molar-refractivity contribution in [3.8, 4) is 5.75 Å². The first-order chi connectivity index (χ1) is 19.2. The fourth-order valence-corrected chi connectivity index (χ4v) is 5.07. The molecular formula is C31H35ClF3NO5. The summed E-state index contributed by atoms with van der Waals surface area (Å²) < 4.78 is 44.9. The van der Waals surface area contributed by atoms with E-state index in [9.17, 15) is 32.3 Å². The third-order valence-electron chi connectivity index (χ3n) is 7.52. The second kappa shape index (κ2) is 13.6. The molecule has 41 heavy (non-hydrogen) atoms. The second-order valence-electron chi connectivity index (χ2n) is 11.0. The lowest BCUT2D eigenvalue weighted by molar-refractivity contribution is -0.177. The molecule has 1 N–H and O–H groups in total. The van der Waals surface area contributed by atoms with Crippen LogP contribution in [-0.4, -0.2) is 36.5 Å². The number of halogens is 4. The summed E-state index contributed by atoms with van der Waals surface area (Å²) in [7, 11) is 1.45. The Labute approximate surface area is 243 Å². The zero-order valence-corrected chi connectivity index (χ0v) is 24.2. The maximum atomic E-state index is 13.4. The van der Waals surface area contributed by atoms with E-state index < -0.39 is 53.9 Å². The Balaban J connectivity index is 1.80. The van der Waals surface area contributed by atoms with E-state index in [2.05, 4.69) is 5.32 Å². The first-order valence-corrected chi connectivity index (χ1v) is 14.0. The minimum Gasteiger partial charge on any atom is -0.497 e. The third kappa shape index (κ3) is 8.64. The van der Waals surface area contributed by atoms with Gasteiger partial charge in [0.25, 0.3) is 0 Å². The molecule has 1 amide bonds. The van der Waals surface area contributed by atoms with Crippen LogP contribution in [0.3, 0.4) is 0 Å². The van der Waals surface area contributed by atoms with Gasteiger partial charge in [-0.2, -0.15) is 13.2 Å². The van der Waals surface area contributed by atoms with Crippen LogP contribution in [0.2, 0.25) is 5.02 Å². The molecule has 0 heterocycles. The molecule has 1 saturated carbocycles. The summed E-state index contributed by atoms with van der Waals surface area (Å²) in [6.07, 6.45) is -4.07. The van der Waals surface area contributed by atoms with Gasteiger partial charge < -0.3 is 10.1 Å². The maximum Gasteiger partial charge on any atom is 0.450 e. The quantitative estimate of drug-likeness (QED) is 0.265. The number of carbonyl (C=O) groups is 4. The van der Waals surface area contributed by atoms with Gasteiger partial charge in [0.05, 0.1) is 7.11 Å². The van der Waals surface area contributed by atoms with Crippen molar-refractivity contribution in [1.82, 2.24) is 5.32 Å². The van der Waals surface area contributed by atoms with Crippen molar-refractivity contribution in [2.24, 2.45) is 23.7 Å². The van der Waals surface area contributed by atoms with Crippen LogP contribution in [0.1, 0.15) is 69.5 Å². The van der Waals surface area contributed by atoms with Crippen molar-refractivity contribution in [1.29, 1.82) is 0 Å². The molecule has 4 atom stereocenters. The van der Waals surface area contributed by atoms with Crippen molar-refractivity contribution in [2.75, 3.05) is 7.11 Å². The Morgan fingerprint density at radius 3 is 1.95 bits per heavy atom. The number of carbonyl (C=O) groups excluding carboxylic acids is 4. The van der Waals surface area contributed by atoms with Gasteiger partial charge in [0.15, 0.2) is 5.78 Å². The van der Waals surface area contributed by atoms with Crippen LogP contribution in [0.5, 0.6) is 5.75 Å². The predicted molar refractivity (Wildman–Crippen MR) is 149 cm³/mol. The van der Waals surface area contributed by atoms with Crippen molar-refractivity contribution in [3.05, 3.63) is 64.7 Å². The van der Waals surface area contributed by atoms with Gasteiger partial charge in [-0.25, -0.2) is 0 Å². The largest absolute Gasteiger partial charge is 0.497 e. The number of alkyl halides is 3. The molecule has 0 bridgehead atoms. The van der Waals surface area contributed by atoms with Crippen LogP contribution < -0.4 is 10.1 Å². The monoisotopic (exact) mass is 593 g/mol. The van der Waals surface area contributed by atoms with Gasteiger partial charge in [-0.3, -0.25) is 19.2 Å². The van der Waals surface area contributed by atoms with E-state index >= 15 is 0 Å². The lowest BCUT2D eigenvalue weighted by atomic mass is 9.83. The Kier molecular flexibility index (Phi) is 10.8. The van der Waals surface area contributed by atoms with E-state index in [-0.39, 0.29) is 24.0 Å². The van der Waals surface area contributed by atoms with Gasteiger partial charge in [0.2, 0.25) is 11.7 Å². The Hall–Kier alpha value is -3.20. The number of methoxy groups -OCH3 is 1. The molecule has 2 aromatic rings. The maximum absolute atomic E-state index is 13.4. The summed E-state index contributed by atoms with van der Waals surface area (Å²) in [6, 6.07) is 11.9. The zero-order valence-electron chi connectivity index (χ0n) is 23.5. The first-order valence-electron chi connectivity index (χ1n) is 13.6. The normalized spacial score (nSPS) is 16.4. The van der Waals surface area contributed by atoms with Gasteiger partial charge in [0.1, 0.15) is 17.6 Å². The highest BCUT2D eigenvalue weighted by molar-refractivity contribution is 6.30. The summed E-state index contributed by atoms with van der Waals surface area (Å²) >= 11 is 6.00. The number of benzene rings is 2. The molecule has 3 rings (SSSR count). The number of ether oxygens (including phenoxy) is 1. The smallest absolute Gasteiger partial charge is 0.450 e. The van der Waals surface area contributed by atoms with Gasteiger partial charge >= 0.3 is 6.18 Å². The Morgan fingerprint density at radius 1 is 0.902 bits per heavy atom. The molecule has 2 aromatic carbocycles. The number of nitrogens with one attached hydrogen (secondary N) is 1. The number of Topliss-reactive ketones (excluding diaryl/α,β-unsaturated/α-hetero) is 3. The standard InChI is InChI=1S/C31H35ClF3NO5/c1-17(2)24(29(39)31(33,34)35)16-26(38)28(21-9-13-23(41-4)14-10-21)36-30(40)18(3)15-25(37)27(19-5-6-19)20-7-11-22(32)12-8-20/h7-14,17-19,24,27-28H,5-6,15-16H2,1-4H3,(H,36,40)/t18-,24+,27?,28+/m1/s1. The first kappa shape index (κ1) is 32.3. The number of amides is 1. The number of rotatable bonds is 14. The third-order valence-corrected chi connectivity index (χ3v) is 7.78. The summed E-state index contributed by atoms with van der Waals surface area (Å²) in [5.74, 6) is -6.31. The summed E-state index contributed by atoms with van der Waals surface area (Å²) in [4.78, 5) is 52.1. The van der Waals surface area contributed by atoms with E-state index in [1.807, 2.05) is 0 Å². The minimum absolute atomic E-state index is 0.0830. The molecule has 0 spiro atoms. The van der Waals surface area contributed by atoms with E-state index in [4.69, 9.17) is 16.3 Å². The molecule has 1 aliphatic carbocycles. The highest BCUT2D eigenvalue weighted by Gasteiger charge is 2.45. The summed E-state index contributed by atoms with van der Waals surface area (Å²) in [6.45, 7) is 4.44. The van der Waals surface area contributed by atoms with E-state index in [1.54, 1.807) is 43.3 Å². The average molecular weight is 594 g/mol. The highest BCUT2D eigenvalue weighted by atomic mass is 35.5. The van der Waals surface area contributed by atoms with E-state index in [1.165, 1.54) is 33.1 Å². The van der Waals surface area contributed by atoms with Crippen LogP contribution >= 0.6 is 11.6 Å². The van der Waals surface area contributed by atoms with Gasteiger partial charge in [-0.15, -0.1) is 0 Å². The van der Waals surface area contributed by atoms with Crippen LogP contribution in [0.4, 0.5) is 13.2 Å². The van der Waals surface area contributed by atoms with Crippen LogP contribution in [0, 0.1) is 23.7 Å². The average Bonchev–Trinajstić information content (AvgIpc) is 3.75. The van der Waals surface area contributed by atoms with Gasteiger partial charge in [-0.05, 0) is 60.1 Å². The molecule has 6 nitrogen and oxygen atoms in total. The van der Waals surface area contributed by atoms with Crippen LogP contribution in [0.15, 0.2) is 48.5 Å². The number of hydrogen-bond donors (Lipinski definition) is 1. The van der Waals surface area contributed by atoms with Gasteiger partial charge in [-0.1, -0.05) is 56.6 Å². The van der Waals surface area contributed by atoms with Crippen molar-refractivity contribution in [2.45, 2.75) is 64.6 Å². The molecule has 0 aromatic heterocycles. The van der Waals surface area contributed by atoms with Crippen molar-refractivity contribution in [3.63, 3.8) is 0 Å². The summed E-state index contributed by atoms with van der Waals surface area (Å²) in [5.41, 5.74) is 1.15. The van der Waals surface area contributed by atoms with Crippen LogP contribution in [-0.2, 0) is 19.2 Å². The molecule has 1 fully saturated rings. The number of ketones is 3. The topological polar surface area (TPSA) is 89.5 Å². The minimum atomic E-state index is -5.09. The fraction of sp³-hybridized carbons (Fsp3) is 0.484.